The molecule has 1 heterocycles. The number of imidazole rings is 1. The topological polar surface area (TPSA) is 39.0 Å². The summed E-state index contributed by atoms with van der Waals surface area (Å²) in [6.45, 7) is 9.08. The Morgan fingerprint density at radius 3 is 2.25 bits per heavy atom. The van der Waals surface area contributed by atoms with Crippen LogP contribution < -0.4 is 11.0 Å². The van der Waals surface area contributed by atoms with Crippen LogP contribution in [0.1, 0.15) is 33.7 Å². The van der Waals surface area contributed by atoms with Crippen LogP contribution in [0.5, 0.6) is 0 Å². The summed E-state index contributed by atoms with van der Waals surface area (Å²) in [6, 6.07) is 0.557. The SMILES string of the molecule is CNC(Cn1ccn(C(C)C)c1=O)C(C)C. The molecule has 0 aliphatic rings. The summed E-state index contributed by atoms with van der Waals surface area (Å²) in [4.78, 5) is 12.0. The lowest BCUT2D eigenvalue weighted by molar-refractivity contribution is 0.370. The molecule has 1 aromatic rings. The molecular formula is C12H23N3O. The molecule has 0 saturated heterocycles. The Kier molecular flexibility index (Phi) is 4.35. The summed E-state index contributed by atoms with van der Waals surface area (Å²) >= 11 is 0. The first-order valence-corrected chi connectivity index (χ1v) is 5.92. The molecule has 0 fully saturated rings. The Labute approximate surface area is 97.3 Å². The van der Waals surface area contributed by atoms with Crippen molar-refractivity contribution in [3.05, 3.63) is 22.9 Å². The molecule has 1 N–H and O–H groups in total. The highest BCUT2D eigenvalue weighted by atomic mass is 16.1. The van der Waals surface area contributed by atoms with Crippen molar-refractivity contribution in [2.24, 2.45) is 5.92 Å². The van der Waals surface area contributed by atoms with E-state index in [0.717, 1.165) is 6.54 Å². The zero-order valence-corrected chi connectivity index (χ0v) is 10.9. The fraction of sp³-hybridized carbons (Fsp3) is 0.750. The van der Waals surface area contributed by atoms with Gasteiger partial charge in [-0.2, -0.15) is 0 Å². The number of hydrogen-bond donors (Lipinski definition) is 1. The van der Waals surface area contributed by atoms with Gasteiger partial charge in [0.15, 0.2) is 0 Å². The molecule has 0 spiro atoms. The Morgan fingerprint density at radius 1 is 1.25 bits per heavy atom. The monoisotopic (exact) mass is 225 g/mol. The van der Waals surface area contributed by atoms with Crippen molar-refractivity contribution in [1.82, 2.24) is 14.5 Å². The molecule has 1 rings (SSSR count). The van der Waals surface area contributed by atoms with Crippen LogP contribution in [0.15, 0.2) is 17.2 Å². The molecule has 0 aliphatic heterocycles. The largest absolute Gasteiger partial charge is 0.328 e. The zero-order chi connectivity index (χ0) is 12.3. The lowest BCUT2D eigenvalue weighted by Crippen LogP contribution is -2.38. The Balaban J connectivity index is 2.86. The molecule has 0 bridgehead atoms. The van der Waals surface area contributed by atoms with Crippen LogP contribution in [0, 0.1) is 5.92 Å². The van der Waals surface area contributed by atoms with Gasteiger partial charge in [-0.05, 0) is 26.8 Å². The minimum absolute atomic E-state index is 0.0795. The van der Waals surface area contributed by atoms with Crippen LogP contribution in [-0.2, 0) is 6.54 Å². The van der Waals surface area contributed by atoms with Gasteiger partial charge < -0.3 is 5.32 Å². The lowest BCUT2D eigenvalue weighted by Gasteiger charge is -2.20. The maximum absolute atomic E-state index is 12.0. The van der Waals surface area contributed by atoms with Gasteiger partial charge in [0.05, 0.1) is 0 Å². The quantitative estimate of drug-likeness (QED) is 0.824. The van der Waals surface area contributed by atoms with Gasteiger partial charge in [-0.15, -0.1) is 0 Å². The molecule has 1 atom stereocenters. The highest BCUT2D eigenvalue weighted by Crippen LogP contribution is 2.04. The van der Waals surface area contributed by atoms with Crippen LogP contribution in [0.25, 0.3) is 0 Å². The van der Waals surface area contributed by atoms with Crippen molar-refractivity contribution in [2.75, 3.05) is 7.05 Å². The van der Waals surface area contributed by atoms with Crippen molar-refractivity contribution in [1.29, 1.82) is 0 Å². The second-order valence-corrected chi connectivity index (χ2v) is 4.87. The summed E-state index contributed by atoms with van der Waals surface area (Å²) in [5, 5.41) is 3.25. The summed E-state index contributed by atoms with van der Waals surface area (Å²) in [5.74, 6) is 0.513. The van der Waals surface area contributed by atoms with Crippen LogP contribution >= 0.6 is 0 Å². The van der Waals surface area contributed by atoms with Gasteiger partial charge in [0, 0.05) is 31.0 Å². The summed E-state index contributed by atoms with van der Waals surface area (Å²) < 4.78 is 3.54. The number of nitrogens with one attached hydrogen (secondary N) is 1. The summed E-state index contributed by atoms with van der Waals surface area (Å²) in [5.41, 5.74) is 0.0795. The number of nitrogens with zero attached hydrogens (tertiary/aromatic N) is 2. The van der Waals surface area contributed by atoms with Crippen LogP contribution in [0.4, 0.5) is 0 Å². The minimum Gasteiger partial charge on any atom is -0.315 e. The number of likely N-dealkylation sites (N-methyl/N-ethyl adjacent to an activating group) is 1. The van der Waals surface area contributed by atoms with Crippen molar-refractivity contribution in [3.8, 4) is 0 Å². The molecule has 4 nitrogen and oxygen atoms in total. The molecule has 16 heavy (non-hydrogen) atoms. The van der Waals surface area contributed by atoms with Crippen LogP contribution in [-0.4, -0.2) is 22.2 Å². The first kappa shape index (κ1) is 13.0. The maximum Gasteiger partial charge on any atom is 0.328 e. The van der Waals surface area contributed by atoms with Crippen molar-refractivity contribution >= 4 is 0 Å². The van der Waals surface area contributed by atoms with Gasteiger partial charge in [0.2, 0.25) is 0 Å². The van der Waals surface area contributed by atoms with E-state index >= 15 is 0 Å². The first-order valence-electron chi connectivity index (χ1n) is 5.92. The highest BCUT2D eigenvalue weighted by Gasteiger charge is 2.14. The summed E-state index contributed by atoms with van der Waals surface area (Å²) in [6.07, 6.45) is 3.73. The van der Waals surface area contributed by atoms with E-state index in [1.807, 2.05) is 33.3 Å². The smallest absolute Gasteiger partial charge is 0.315 e. The van der Waals surface area contributed by atoms with Crippen LogP contribution in [0.3, 0.4) is 0 Å². The number of aromatic nitrogens is 2. The fourth-order valence-corrected chi connectivity index (χ4v) is 1.81. The second kappa shape index (κ2) is 5.34. The molecule has 0 amide bonds. The molecule has 1 unspecified atom stereocenters. The van der Waals surface area contributed by atoms with Crippen molar-refractivity contribution in [2.45, 2.75) is 46.3 Å². The number of hydrogen-bond acceptors (Lipinski definition) is 2. The average Bonchev–Trinajstić information content (AvgIpc) is 2.56. The third-order valence-electron chi connectivity index (χ3n) is 3.00. The van der Waals surface area contributed by atoms with E-state index in [4.69, 9.17) is 0 Å². The van der Waals surface area contributed by atoms with Gasteiger partial charge in [-0.25, -0.2) is 4.79 Å². The molecule has 92 valence electrons. The molecule has 0 radical (unpaired) electrons. The third-order valence-corrected chi connectivity index (χ3v) is 3.00. The Bertz CT molecular complexity index is 376. The molecule has 0 saturated carbocycles. The normalized spacial score (nSPS) is 13.7. The van der Waals surface area contributed by atoms with E-state index in [1.165, 1.54) is 0 Å². The Morgan fingerprint density at radius 2 is 1.88 bits per heavy atom. The van der Waals surface area contributed by atoms with Gasteiger partial charge in [0.25, 0.3) is 0 Å². The standard InChI is InChI=1S/C12H23N3O/c1-9(2)11(13-5)8-14-6-7-15(10(3)4)12(14)16/h6-7,9-11,13H,8H2,1-5H3. The van der Waals surface area contributed by atoms with E-state index in [9.17, 15) is 4.79 Å². The fourth-order valence-electron chi connectivity index (χ4n) is 1.81. The van der Waals surface area contributed by atoms with Gasteiger partial charge >= 0.3 is 5.69 Å². The predicted octanol–water partition coefficient (Wildman–Crippen LogP) is 1.47. The molecular weight excluding hydrogens is 202 g/mol. The molecule has 0 aliphatic carbocycles. The minimum atomic E-state index is 0.0795. The second-order valence-electron chi connectivity index (χ2n) is 4.87. The third kappa shape index (κ3) is 2.76. The van der Waals surface area contributed by atoms with Crippen molar-refractivity contribution in [3.63, 3.8) is 0 Å². The van der Waals surface area contributed by atoms with E-state index in [2.05, 4.69) is 19.2 Å². The van der Waals surface area contributed by atoms with E-state index < -0.39 is 0 Å². The number of rotatable bonds is 5. The first-order chi connectivity index (χ1) is 7.47. The van der Waals surface area contributed by atoms with Gasteiger partial charge in [0.1, 0.15) is 0 Å². The highest BCUT2D eigenvalue weighted by molar-refractivity contribution is 4.85. The van der Waals surface area contributed by atoms with E-state index in [0.29, 0.717) is 12.0 Å². The molecule has 4 heteroatoms. The van der Waals surface area contributed by atoms with E-state index in [1.54, 1.807) is 9.13 Å². The molecule has 0 aromatic carbocycles. The summed E-state index contributed by atoms with van der Waals surface area (Å²) in [7, 11) is 1.94. The van der Waals surface area contributed by atoms with Crippen molar-refractivity contribution < 1.29 is 0 Å². The molecule has 1 aromatic heterocycles. The van der Waals surface area contributed by atoms with Crippen LogP contribution in [0.2, 0.25) is 0 Å². The van der Waals surface area contributed by atoms with Gasteiger partial charge in [-0.3, -0.25) is 9.13 Å². The predicted molar refractivity (Wildman–Crippen MR) is 66.8 cm³/mol. The average molecular weight is 225 g/mol. The lowest BCUT2D eigenvalue weighted by atomic mass is 10.1. The van der Waals surface area contributed by atoms with E-state index in [-0.39, 0.29) is 11.7 Å². The van der Waals surface area contributed by atoms with Gasteiger partial charge in [-0.1, -0.05) is 13.8 Å². The Hall–Kier alpha value is -1.03. The maximum atomic E-state index is 12.0. The zero-order valence-electron chi connectivity index (χ0n) is 10.9.